The fourth-order valence-electron chi connectivity index (χ4n) is 2.61. The van der Waals surface area contributed by atoms with Gasteiger partial charge in [0.25, 0.3) is 5.91 Å². The molecule has 1 fully saturated rings. The van der Waals surface area contributed by atoms with Gasteiger partial charge >= 0.3 is 5.97 Å². The van der Waals surface area contributed by atoms with Crippen LogP contribution in [0.25, 0.3) is 0 Å². The molecule has 0 aromatic heterocycles. The minimum Gasteiger partial charge on any atom is -0.449 e. The smallest absolute Gasteiger partial charge is 0.338 e. The van der Waals surface area contributed by atoms with E-state index in [-0.39, 0.29) is 16.5 Å². The summed E-state index contributed by atoms with van der Waals surface area (Å²) in [5.74, 6) is -1.47. The van der Waals surface area contributed by atoms with Gasteiger partial charge in [0.15, 0.2) is 6.10 Å². The number of esters is 1. The number of nitrogens with two attached hydrogens (primary N) is 1. The van der Waals surface area contributed by atoms with Gasteiger partial charge in [-0.1, -0.05) is 6.42 Å². The highest BCUT2D eigenvalue weighted by Gasteiger charge is 2.31. The van der Waals surface area contributed by atoms with Gasteiger partial charge in [-0.2, -0.15) is 4.31 Å². The first-order valence-corrected chi connectivity index (χ1v) is 9.29. The van der Waals surface area contributed by atoms with Crippen molar-refractivity contribution in [1.29, 1.82) is 0 Å². The van der Waals surface area contributed by atoms with Gasteiger partial charge < -0.3 is 10.5 Å². The number of primary amides is 1. The first-order valence-electron chi connectivity index (χ1n) is 7.85. The van der Waals surface area contributed by atoms with Crippen LogP contribution in [0.3, 0.4) is 0 Å². The third-order valence-electron chi connectivity index (χ3n) is 4.12. The Morgan fingerprint density at radius 3 is 2.42 bits per heavy atom. The zero-order valence-corrected chi connectivity index (χ0v) is 14.6. The molecule has 24 heavy (non-hydrogen) atoms. The molecule has 132 valence electrons. The number of carbonyl (C=O) groups excluding carboxylic acids is 2. The summed E-state index contributed by atoms with van der Waals surface area (Å²) in [6.45, 7) is 3.77. The predicted octanol–water partition coefficient (Wildman–Crippen LogP) is 1.28. The molecule has 1 aromatic rings. The summed E-state index contributed by atoms with van der Waals surface area (Å²) < 4.78 is 31.8. The van der Waals surface area contributed by atoms with E-state index in [1.165, 1.54) is 35.5 Å². The molecule has 1 saturated heterocycles. The second-order valence-electron chi connectivity index (χ2n) is 5.93. The molecule has 0 saturated carbocycles. The zero-order chi connectivity index (χ0) is 17.9. The van der Waals surface area contributed by atoms with Crippen LogP contribution in [0.5, 0.6) is 0 Å². The van der Waals surface area contributed by atoms with Crippen LogP contribution in [0.1, 0.15) is 43.5 Å². The van der Waals surface area contributed by atoms with E-state index < -0.39 is 28.0 Å². The molecule has 1 aliphatic rings. The summed E-state index contributed by atoms with van der Waals surface area (Å²) in [5, 5.41) is 0. The Labute approximate surface area is 141 Å². The average molecular weight is 354 g/mol. The lowest BCUT2D eigenvalue weighted by Crippen LogP contribution is -2.41. The van der Waals surface area contributed by atoms with Gasteiger partial charge in [-0.15, -0.1) is 0 Å². The number of benzene rings is 1. The molecule has 0 unspecified atom stereocenters. The number of rotatable bonds is 5. The van der Waals surface area contributed by atoms with Crippen molar-refractivity contribution in [3.8, 4) is 0 Å². The summed E-state index contributed by atoms with van der Waals surface area (Å²) in [5.41, 5.74) is 5.20. The lowest BCUT2D eigenvalue weighted by atomic mass is 10.1. The Morgan fingerprint density at radius 1 is 1.25 bits per heavy atom. The number of ether oxygens (including phenoxy) is 1. The standard InChI is InChI=1S/C16H22N2O5S/c1-11-5-3-4-10-18(11)24(21,22)14-8-6-13(7-9-14)16(20)23-12(2)15(17)19/h6-9,11-12H,3-5,10H2,1-2H3,(H2,17,19)/t11-,12-/m0/s1. The van der Waals surface area contributed by atoms with Crippen molar-refractivity contribution in [2.24, 2.45) is 5.73 Å². The predicted molar refractivity (Wildman–Crippen MR) is 87.7 cm³/mol. The van der Waals surface area contributed by atoms with E-state index in [0.717, 1.165) is 19.3 Å². The van der Waals surface area contributed by atoms with E-state index in [0.29, 0.717) is 6.54 Å². The molecule has 7 nitrogen and oxygen atoms in total. The summed E-state index contributed by atoms with van der Waals surface area (Å²) in [7, 11) is -3.58. The van der Waals surface area contributed by atoms with Crippen LogP contribution in [0.15, 0.2) is 29.2 Å². The molecule has 1 heterocycles. The van der Waals surface area contributed by atoms with Crippen LogP contribution in [0, 0.1) is 0 Å². The maximum atomic E-state index is 12.7. The van der Waals surface area contributed by atoms with E-state index in [2.05, 4.69) is 0 Å². The number of sulfonamides is 1. The molecule has 1 aliphatic heterocycles. The SMILES string of the molecule is C[C@H](OC(=O)c1ccc(S(=O)(=O)N2CCCC[C@@H]2C)cc1)C(N)=O. The Balaban J connectivity index is 2.16. The van der Waals surface area contributed by atoms with Gasteiger partial charge in [0.1, 0.15) is 0 Å². The van der Waals surface area contributed by atoms with Crippen LogP contribution in [0.2, 0.25) is 0 Å². The maximum absolute atomic E-state index is 12.7. The second kappa shape index (κ2) is 7.31. The normalized spacial score (nSPS) is 20.3. The van der Waals surface area contributed by atoms with E-state index in [9.17, 15) is 18.0 Å². The fourth-order valence-corrected chi connectivity index (χ4v) is 4.31. The van der Waals surface area contributed by atoms with Gasteiger partial charge in [-0.25, -0.2) is 13.2 Å². The summed E-state index contributed by atoms with van der Waals surface area (Å²) in [4.78, 5) is 22.9. The highest BCUT2D eigenvalue weighted by atomic mass is 32.2. The number of carbonyl (C=O) groups is 2. The van der Waals surface area contributed by atoms with Gasteiger partial charge in [0.05, 0.1) is 10.5 Å². The van der Waals surface area contributed by atoms with Crippen molar-refractivity contribution in [1.82, 2.24) is 4.31 Å². The quantitative estimate of drug-likeness (QED) is 0.802. The molecule has 1 aromatic carbocycles. The van der Waals surface area contributed by atoms with Crippen LogP contribution in [-0.4, -0.2) is 43.3 Å². The topological polar surface area (TPSA) is 107 Å². The minimum absolute atomic E-state index is 0.0372. The van der Waals surface area contributed by atoms with E-state index in [4.69, 9.17) is 10.5 Å². The molecule has 2 atom stereocenters. The lowest BCUT2D eigenvalue weighted by molar-refractivity contribution is -0.125. The van der Waals surface area contributed by atoms with Crippen LogP contribution < -0.4 is 5.73 Å². The average Bonchev–Trinajstić information content (AvgIpc) is 2.55. The zero-order valence-electron chi connectivity index (χ0n) is 13.8. The van der Waals surface area contributed by atoms with Gasteiger partial charge in [0, 0.05) is 12.6 Å². The molecule has 2 rings (SSSR count). The number of amides is 1. The first kappa shape index (κ1) is 18.4. The molecule has 0 bridgehead atoms. The molecule has 0 spiro atoms. The largest absolute Gasteiger partial charge is 0.449 e. The van der Waals surface area contributed by atoms with Crippen LogP contribution >= 0.6 is 0 Å². The highest BCUT2D eigenvalue weighted by Crippen LogP contribution is 2.25. The third kappa shape index (κ3) is 3.93. The molecule has 1 amide bonds. The number of hydrogen-bond acceptors (Lipinski definition) is 5. The fraction of sp³-hybridized carbons (Fsp3) is 0.500. The number of hydrogen-bond donors (Lipinski definition) is 1. The Kier molecular flexibility index (Phi) is 5.61. The highest BCUT2D eigenvalue weighted by molar-refractivity contribution is 7.89. The minimum atomic E-state index is -3.58. The maximum Gasteiger partial charge on any atom is 0.338 e. The molecule has 0 aliphatic carbocycles. The molecule has 8 heteroatoms. The summed E-state index contributed by atoms with van der Waals surface area (Å²) in [6.07, 6.45) is 1.67. The molecule has 2 N–H and O–H groups in total. The van der Waals surface area contributed by atoms with Gasteiger partial charge in [-0.3, -0.25) is 4.79 Å². The van der Waals surface area contributed by atoms with Gasteiger partial charge in [0.2, 0.25) is 10.0 Å². The van der Waals surface area contributed by atoms with Crippen LogP contribution in [0.4, 0.5) is 0 Å². The van der Waals surface area contributed by atoms with E-state index >= 15 is 0 Å². The monoisotopic (exact) mass is 354 g/mol. The van der Waals surface area contributed by atoms with Crippen molar-refractivity contribution in [2.45, 2.75) is 50.2 Å². The molecular formula is C16H22N2O5S. The van der Waals surface area contributed by atoms with Crippen LogP contribution in [-0.2, 0) is 19.6 Å². The Morgan fingerprint density at radius 2 is 1.88 bits per heavy atom. The Bertz CT molecular complexity index is 714. The van der Waals surface area contributed by atoms with Crippen molar-refractivity contribution >= 4 is 21.9 Å². The van der Waals surface area contributed by atoms with Crippen molar-refractivity contribution in [2.75, 3.05) is 6.54 Å². The van der Waals surface area contributed by atoms with Crippen molar-refractivity contribution in [3.05, 3.63) is 29.8 Å². The van der Waals surface area contributed by atoms with Gasteiger partial charge in [-0.05, 0) is 51.0 Å². The number of piperidine rings is 1. The summed E-state index contributed by atoms with van der Waals surface area (Å²) >= 11 is 0. The summed E-state index contributed by atoms with van der Waals surface area (Å²) in [6, 6.07) is 5.46. The third-order valence-corrected chi connectivity index (χ3v) is 6.15. The van der Waals surface area contributed by atoms with Crippen molar-refractivity contribution in [3.63, 3.8) is 0 Å². The van der Waals surface area contributed by atoms with Crippen molar-refractivity contribution < 1.29 is 22.7 Å². The van der Waals surface area contributed by atoms with E-state index in [1.54, 1.807) is 0 Å². The molecule has 0 radical (unpaired) electrons. The Hall–Kier alpha value is -1.93. The lowest BCUT2D eigenvalue weighted by Gasteiger charge is -2.32. The second-order valence-corrected chi connectivity index (χ2v) is 7.83. The first-order chi connectivity index (χ1) is 11.2. The van der Waals surface area contributed by atoms with E-state index in [1.807, 2.05) is 6.92 Å². The molecular weight excluding hydrogens is 332 g/mol. The number of nitrogens with zero attached hydrogens (tertiary/aromatic N) is 1.